The highest BCUT2D eigenvalue weighted by Gasteiger charge is 2.04. The standard InChI is InChI=1S/C12H9BrN4O/c13-8-6-10(14)17-12(7-8)15-11(16-17)4-3-9-2-1-5-18-9/h1-7H,14H2/b4-3+. The van der Waals surface area contributed by atoms with Gasteiger partial charge in [-0.05, 0) is 36.4 Å². The van der Waals surface area contributed by atoms with Gasteiger partial charge in [-0.2, -0.15) is 4.52 Å². The summed E-state index contributed by atoms with van der Waals surface area (Å²) >= 11 is 3.37. The van der Waals surface area contributed by atoms with Crippen LogP contribution in [0.1, 0.15) is 11.6 Å². The maximum Gasteiger partial charge on any atom is 0.175 e. The molecule has 18 heavy (non-hydrogen) atoms. The summed E-state index contributed by atoms with van der Waals surface area (Å²) in [6, 6.07) is 7.32. The van der Waals surface area contributed by atoms with E-state index < -0.39 is 0 Å². The summed E-state index contributed by atoms with van der Waals surface area (Å²) in [5.74, 6) is 1.86. The van der Waals surface area contributed by atoms with Crippen molar-refractivity contribution in [1.82, 2.24) is 14.6 Å². The van der Waals surface area contributed by atoms with Gasteiger partial charge >= 0.3 is 0 Å². The maximum absolute atomic E-state index is 5.85. The Labute approximate surface area is 111 Å². The molecule has 6 heteroatoms. The molecule has 0 aromatic carbocycles. The van der Waals surface area contributed by atoms with Gasteiger partial charge in [-0.1, -0.05) is 15.9 Å². The summed E-state index contributed by atoms with van der Waals surface area (Å²) < 4.78 is 7.66. The molecular formula is C12H9BrN4O. The Kier molecular flexibility index (Phi) is 2.64. The molecule has 0 saturated carbocycles. The van der Waals surface area contributed by atoms with E-state index in [9.17, 15) is 0 Å². The van der Waals surface area contributed by atoms with Crippen molar-refractivity contribution >= 4 is 39.5 Å². The number of nitrogen functional groups attached to an aromatic ring is 1. The average molecular weight is 305 g/mol. The SMILES string of the molecule is Nc1cc(Br)cc2nc(/C=C/c3ccco3)nn12. The first kappa shape index (κ1) is 11.0. The number of nitrogens with zero attached hydrogens (tertiary/aromatic N) is 3. The van der Waals surface area contributed by atoms with Crippen molar-refractivity contribution in [3.8, 4) is 0 Å². The third-order valence-electron chi connectivity index (χ3n) is 2.39. The number of furan rings is 1. The van der Waals surface area contributed by atoms with Gasteiger partial charge in [0, 0.05) is 4.47 Å². The lowest BCUT2D eigenvalue weighted by Crippen LogP contribution is -1.97. The van der Waals surface area contributed by atoms with E-state index in [1.165, 1.54) is 0 Å². The van der Waals surface area contributed by atoms with Crippen LogP contribution in [0.25, 0.3) is 17.8 Å². The number of aromatic nitrogens is 3. The van der Waals surface area contributed by atoms with Gasteiger partial charge in [0.1, 0.15) is 11.6 Å². The minimum absolute atomic E-state index is 0.532. The first-order valence-corrected chi connectivity index (χ1v) is 6.05. The van der Waals surface area contributed by atoms with Crippen LogP contribution in [0.15, 0.2) is 39.4 Å². The third kappa shape index (κ3) is 2.02. The van der Waals surface area contributed by atoms with E-state index in [0.29, 0.717) is 17.3 Å². The molecule has 5 nitrogen and oxygen atoms in total. The smallest absolute Gasteiger partial charge is 0.175 e. The molecule has 0 bridgehead atoms. The van der Waals surface area contributed by atoms with Crippen LogP contribution in [0.3, 0.4) is 0 Å². The van der Waals surface area contributed by atoms with Crippen molar-refractivity contribution in [2.75, 3.05) is 5.73 Å². The molecule has 3 aromatic rings. The van der Waals surface area contributed by atoms with Crippen molar-refractivity contribution < 1.29 is 4.42 Å². The number of anilines is 1. The van der Waals surface area contributed by atoms with E-state index in [0.717, 1.165) is 10.2 Å². The Morgan fingerprint density at radius 3 is 3.00 bits per heavy atom. The Morgan fingerprint density at radius 2 is 2.22 bits per heavy atom. The van der Waals surface area contributed by atoms with Crippen LogP contribution in [0.4, 0.5) is 5.82 Å². The number of halogens is 1. The second-order valence-corrected chi connectivity index (χ2v) is 4.60. The molecule has 90 valence electrons. The Bertz CT molecular complexity index is 715. The molecule has 0 atom stereocenters. The van der Waals surface area contributed by atoms with E-state index >= 15 is 0 Å². The predicted molar refractivity (Wildman–Crippen MR) is 72.7 cm³/mol. The Morgan fingerprint density at radius 1 is 1.33 bits per heavy atom. The van der Waals surface area contributed by atoms with Crippen molar-refractivity contribution in [3.05, 3.63) is 46.6 Å². The fraction of sp³-hybridized carbons (Fsp3) is 0. The molecule has 0 radical (unpaired) electrons. The molecule has 0 aliphatic carbocycles. The highest BCUT2D eigenvalue weighted by molar-refractivity contribution is 9.10. The van der Waals surface area contributed by atoms with Crippen LogP contribution in [-0.2, 0) is 0 Å². The number of hydrogen-bond acceptors (Lipinski definition) is 4. The van der Waals surface area contributed by atoms with E-state index in [1.807, 2.05) is 18.2 Å². The van der Waals surface area contributed by atoms with Gasteiger partial charge in [0.2, 0.25) is 0 Å². The molecule has 0 aliphatic rings. The van der Waals surface area contributed by atoms with Crippen LogP contribution in [-0.4, -0.2) is 14.6 Å². The lowest BCUT2D eigenvalue weighted by atomic mass is 10.4. The zero-order chi connectivity index (χ0) is 12.5. The van der Waals surface area contributed by atoms with Gasteiger partial charge < -0.3 is 10.2 Å². The van der Waals surface area contributed by atoms with E-state index in [4.69, 9.17) is 10.2 Å². The van der Waals surface area contributed by atoms with Crippen molar-refractivity contribution in [3.63, 3.8) is 0 Å². The highest BCUT2D eigenvalue weighted by atomic mass is 79.9. The molecule has 0 fully saturated rings. The number of nitrogens with two attached hydrogens (primary N) is 1. The summed E-state index contributed by atoms with van der Waals surface area (Å²) in [7, 11) is 0. The number of rotatable bonds is 2. The number of fused-ring (bicyclic) bond motifs is 1. The largest absolute Gasteiger partial charge is 0.465 e. The molecule has 0 saturated heterocycles. The fourth-order valence-corrected chi connectivity index (χ4v) is 2.04. The minimum Gasteiger partial charge on any atom is -0.465 e. The Balaban J connectivity index is 2.01. The topological polar surface area (TPSA) is 69.3 Å². The summed E-state index contributed by atoms with van der Waals surface area (Å²) in [6.07, 6.45) is 5.20. The molecule has 3 aromatic heterocycles. The highest BCUT2D eigenvalue weighted by Crippen LogP contribution is 2.17. The quantitative estimate of drug-likeness (QED) is 0.790. The lowest BCUT2D eigenvalue weighted by Gasteiger charge is -1.97. The second-order valence-electron chi connectivity index (χ2n) is 3.69. The van der Waals surface area contributed by atoms with Gasteiger partial charge in [0.05, 0.1) is 6.26 Å². The maximum atomic E-state index is 5.85. The summed E-state index contributed by atoms with van der Waals surface area (Å²) in [5, 5.41) is 4.28. The fourth-order valence-electron chi connectivity index (χ4n) is 1.60. The van der Waals surface area contributed by atoms with Gasteiger partial charge in [-0.15, -0.1) is 5.10 Å². The van der Waals surface area contributed by atoms with Crippen LogP contribution in [0.2, 0.25) is 0 Å². The molecule has 0 spiro atoms. The normalized spacial score (nSPS) is 11.6. The molecule has 0 unspecified atom stereocenters. The van der Waals surface area contributed by atoms with Crippen LogP contribution in [0, 0.1) is 0 Å². The number of hydrogen-bond donors (Lipinski definition) is 1. The Hall–Kier alpha value is -2.08. The van der Waals surface area contributed by atoms with Crippen molar-refractivity contribution in [1.29, 1.82) is 0 Å². The van der Waals surface area contributed by atoms with Crippen molar-refractivity contribution in [2.45, 2.75) is 0 Å². The van der Waals surface area contributed by atoms with Gasteiger partial charge in [-0.3, -0.25) is 0 Å². The zero-order valence-electron chi connectivity index (χ0n) is 9.25. The molecule has 3 rings (SSSR count). The molecule has 3 heterocycles. The first-order chi connectivity index (χ1) is 8.72. The zero-order valence-corrected chi connectivity index (χ0v) is 10.8. The van der Waals surface area contributed by atoms with E-state index in [2.05, 4.69) is 26.0 Å². The van der Waals surface area contributed by atoms with E-state index in [1.54, 1.807) is 29.0 Å². The van der Waals surface area contributed by atoms with Gasteiger partial charge in [0.25, 0.3) is 0 Å². The summed E-state index contributed by atoms with van der Waals surface area (Å²) in [4.78, 5) is 4.35. The summed E-state index contributed by atoms with van der Waals surface area (Å²) in [6.45, 7) is 0. The molecule has 2 N–H and O–H groups in total. The van der Waals surface area contributed by atoms with Crippen LogP contribution in [0.5, 0.6) is 0 Å². The molecule has 0 amide bonds. The monoisotopic (exact) mass is 304 g/mol. The average Bonchev–Trinajstić information content (AvgIpc) is 2.93. The van der Waals surface area contributed by atoms with E-state index in [-0.39, 0.29) is 0 Å². The third-order valence-corrected chi connectivity index (χ3v) is 2.84. The van der Waals surface area contributed by atoms with Crippen molar-refractivity contribution in [2.24, 2.45) is 0 Å². The minimum atomic E-state index is 0.532. The lowest BCUT2D eigenvalue weighted by molar-refractivity contribution is 0.557. The molecular weight excluding hydrogens is 296 g/mol. The van der Waals surface area contributed by atoms with Crippen LogP contribution >= 0.6 is 15.9 Å². The second kappa shape index (κ2) is 4.30. The number of pyridine rings is 1. The van der Waals surface area contributed by atoms with Gasteiger partial charge in [0.15, 0.2) is 11.5 Å². The predicted octanol–water partition coefficient (Wildman–Crippen LogP) is 2.84. The molecule has 0 aliphatic heterocycles. The first-order valence-electron chi connectivity index (χ1n) is 5.26. The van der Waals surface area contributed by atoms with Gasteiger partial charge in [-0.25, -0.2) is 4.98 Å². The summed E-state index contributed by atoms with van der Waals surface area (Å²) in [5.41, 5.74) is 6.54. The van der Waals surface area contributed by atoms with Crippen LogP contribution < -0.4 is 5.73 Å².